The van der Waals surface area contributed by atoms with E-state index in [1.807, 2.05) is 0 Å². The molecule has 0 aliphatic carbocycles. The predicted octanol–water partition coefficient (Wildman–Crippen LogP) is 5.36. The van der Waals surface area contributed by atoms with Gasteiger partial charge in [0.15, 0.2) is 0 Å². The van der Waals surface area contributed by atoms with E-state index in [1.165, 1.54) is 40.7 Å². The Bertz CT molecular complexity index is 1290. The highest BCUT2D eigenvalue weighted by Crippen LogP contribution is 2.35. The van der Waals surface area contributed by atoms with Crippen LogP contribution in [0.25, 0.3) is 0 Å². The van der Waals surface area contributed by atoms with Gasteiger partial charge in [-0.05, 0) is 66.6 Å². The van der Waals surface area contributed by atoms with E-state index in [1.54, 1.807) is 12.1 Å². The van der Waals surface area contributed by atoms with Gasteiger partial charge in [-0.25, -0.2) is 8.42 Å². The van der Waals surface area contributed by atoms with Crippen LogP contribution in [-0.4, -0.2) is 20.9 Å². The Balaban J connectivity index is 1.61. The third kappa shape index (κ3) is 4.31. The minimum absolute atomic E-state index is 0.0770. The second-order valence-electron chi connectivity index (χ2n) is 7.16. The van der Waals surface area contributed by atoms with Gasteiger partial charge in [0.2, 0.25) is 0 Å². The fourth-order valence-electron chi connectivity index (χ4n) is 3.45. The van der Waals surface area contributed by atoms with Gasteiger partial charge >= 0.3 is 6.18 Å². The Morgan fingerprint density at radius 1 is 1.00 bits per heavy atom. The summed E-state index contributed by atoms with van der Waals surface area (Å²) in [6.07, 6.45) is -4.08. The summed E-state index contributed by atoms with van der Waals surface area (Å²) in [6, 6.07) is 14.6. The summed E-state index contributed by atoms with van der Waals surface area (Å²) in [7, 11) is -3.85. The van der Waals surface area contributed by atoms with E-state index in [2.05, 4.69) is 5.32 Å². The molecule has 10 heteroatoms. The fourth-order valence-corrected chi connectivity index (χ4v) is 5.07. The summed E-state index contributed by atoms with van der Waals surface area (Å²) in [4.78, 5) is 12.6. The first-order valence-corrected chi connectivity index (χ1v) is 11.3. The van der Waals surface area contributed by atoms with Crippen molar-refractivity contribution < 1.29 is 26.4 Å². The highest BCUT2D eigenvalue weighted by molar-refractivity contribution is 7.92. The largest absolute Gasteiger partial charge is 0.416 e. The molecule has 5 nitrogen and oxygen atoms in total. The third-order valence-corrected chi connectivity index (χ3v) is 7.13. The number of amides is 1. The minimum Gasteiger partial charge on any atom is -0.322 e. The van der Waals surface area contributed by atoms with Crippen LogP contribution in [0.5, 0.6) is 0 Å². The van der Waals surface area contributed by atoms with Crippen molar-refractivity contribution in [3.05, 3.63) is 88.4 Å². The number of sulfonamides is 1. The van der Waals surface area contributed by atoms with Crippen LogP contribution in [-0.2, 0) is 22.6 Å². The molecule has 0 atom stereocenters. The lowest BCUT2D eigenvalue weighted by Crippen LogP contribution is -2.29. The lowest BCUT2D eigenvalue weighted by molar-refractivity contribution is -0.137. The van der Waals surface area contributed by atoms with Gasteiger partial charge in [0, 0.05) is 22.8 Å². The maximum absolute atomic E-state index is 13.1. The molecule has 3 aromatic rings. The zero-order valence-corrected chi connectivity index (χ0v) is 17.9. The van der Waals surface area contributed by atoms with Crippen LogP contribution in [0.2, 0.25) is 5.02 Å². The molecular weight excluding hydrogens is 465 g/mol. The van der Waals surface area contributed by atoms with E-state index >= 15 is 0 Å². The number of nitrogens with one attached hydrogen (secondary N) is 1. The van der Waals surface area contributed by atoms with E-state index in [4.69, 9.17) is 11.6 Å². The van der Waals surface area contributed by atoms with Crippen LogP contribution in [0.15, 0.2) is 71.6 Å². The van der Waals surface area contributed by atoms with Crippen LogP contribution >= 0.6 is 11.6 Å². The molecule has 0 aromatic heterocycles. The first kappa shape index (κ1) is 22.2. The SMILES string of the molecule is O=C(Nc1ccc2c(c1)N(S(=O)(=O)c1ccc(Cl)cc1)CC2)c1cccc(C(F)(F)F)c1. The Morgan fingerprint density at radius 2 is 1.72 bits per heavy atom. The first-order chi connectivity index (χ1) is 15.1. The summed E-state index contributed by atoms with van der Waals surface area (Å²) >= 11 is 5.85. The standard InChI is InChI=1S/C22H16ClF3N2O3S/c23-17-5-8-19(9-6-17)32(30,31)28-11-10-14-4-7-18(13-20(14)28)27-21(29)15-2-1-3-16(12-15)22(24,25)26/h1-9,12-13H,10-11H2,(H,27,29). The summed E-state index contributed by atoms with van der Waals surface area (Å²) in [6.45, 7) is 0.228. The van der Waals surface area contributed by atoms with Gasteiger partial charge in [-0.2, -0.15) is 13.2 Å². The van der Waals surface area contributed by atoms with Crippen molar-refractivity contribution in [2.45, 2.75) is 17.5 Å². The number of halogens is 4. The van der Waals surface area contributed by atoms with Crippen LogP contribution in [0, 0.1) is 0 Å². The number of hydrogen-bond acceptors (Lipinski definition) is 3. The van der Waals surface area contributed by atoms with Crippen LogP contribution in [0.1, 0.15) is 21.5 Å². The van der Waals surface area contributed by atoms with Gasteiger partial charge in [0.1, 0.15) is 0 Å². The van der Waals surface area contributed by atoms with Crippen molar-refractivity contribution in [3.8, 4) is 0 Å². The number of benzene rings is 3. The number of alkyl halides is 3. The molecule has 1 aliphatic rings. The van der Waals surface area contributed by atoms with E-state index in [0.29, 0.717) is 17.1 Å². The molecule has 0 radical (unpaired) electrons. The molecule has 0 unspecified atom stereocenters. The number of rotatable bonds is 4. The monoisotopic (exact) mass is 480 g/mol. The molecule has 0 fully saturated rings. The van der Waals surface area contributed by atoms with E-state index < -0.39 is 27.7 Å². The zero-order valence-electron chi connectivity index (χ0n) is 16.4. The number of carbonyl (C=O) groups is 1. The Labute approximate surface area is 187 Å². The van der Waals surface area contributed by atoms with Gasteiger partial charge < -0.3 is 5.32 Å². The molecule has 1 amide bonds. The Hall–Kier alpha value is -3.04. The van der Waals surface area contributed by atoms with Crippen LogP contribution < -0.4 is 9.62 Å². The van der Waals surface area contributed by atoms with Gasteiger partial charge in [0.25, 0.3) is 15.9 Å². The quantitative estimate of drug-likeness (QED) is 0.546. The molecular formula is C22H16ClF3N2O3S. The molecule has 32 heavy (non-hydrogen) atoms. The minimum atomic E-state index is -4.57. The predicted molar refractivity (Wildman–Crippen MR) is 116 cm³/mol. The fraction of sp³-hybridized carbons (Fsp3) is 0.136. The van der Waals surface area contributed by atoms with Crippen molar-refractivity contribution in [1.29, 1.82) is 0 Å². The molecule has 1 aliphatic heterocycles. The van der Waals surface area contributed by atoms with Crippen molar-refractivity contribution in [2.24, 2.45) is 0 Å². The van der Waals surface area contributed by atoms with Crippen molar-refractivity contribution >= 4 is 38.9 Å². The molecule has 0 bridgehead atoms. The van der Waals surface area contributed by atoms with Gasteiger partial charge in [-0.3, -0.25) is 9.10 Å². The topological polar surface area (TPSA) is 66.5 Å². The summed E-state index contributed by atoms with van der Waals surface area (Å²) in [5, 5.41) is 2.95. The normalized spacial score (nSPS) is 13.7. The molecule has 0 saturated carbocycles. The molecule has 166 valence electrons. The third-order valence-electron chi connectivity index (χ3n) is 5.05. The summed E-state index contributed by atoms with van der Waals surface area (Å²) < 4.78 is 66.2. The smallest absolute Gasteiger partial charge is 0.322 e. The maximum Gasteiger partial charge on any atom is 0.416 e. The van der Waals surface area contributed by atoms with Gasteiger partial charge in [-0.15, -0.1) is 0 Å². The van der Waals surface area contributed by atoms with Gasteiger partial charge in [-0.1, -0.05) is 23.7 Å². The second kappa shape index (κ2) is 8.14. The van der Waals surface area contributed by atoms with E-state index in [-0.39, 0.29) is 22.7 Å². The zero-order chi connectivity index (χ0) is 23.1. The average molecular weight is 481 g/mol. The number of carbonyl (C=O) groups excluding carboxylic acids is 1. The average Bonchev–Trinajstić information content (AvgIpc) is 3.17. The number of hydrogen-bond donors (Lipinski definition) is 1. The van der Waals surface area contributed by atoms with Crippen LogP contribution in [0.4, 0.5) is 24.5 Å². The molecule has 3 aromatic carbocycles. The second-order valence-corrected chi connectivity index (χ2v) is 9.46. The summed E-state index contributed by atoms with van der Waals surface area (Å²) in [5.41, 5.74) is 0.357. The molecule has 1 N–H and O–H groups in total. The lowest BCUT2D eigenvalue weighted by atomic mass is 10.1. The molecule has 0 spiro atoms. The number of anilines is 2. The highest BCUT2D eigenvalue weighted by atomic mass is 35.5. The number of nitrogens with zero attached hydrogens (tertiary/aromatic N) is 1. The van der Waals surface area contributed by atoms with Crippen molar-refractivity contribution in [3.63, 3.8) is 0 Å². The molecule has 0 saturated heterocycles. The first-order valence-electron chi connectivity index (χ1n) is 9.45. The van der Waals surface area contributed by atoms with E-state index in [0.717, 1.165) is 23.8 Å². The highest BCUT2D eigenvalue weighted by Gasteiger charge is 2.32. The molecule has 4 rings (SSSR count). The molecule has 1 heterocycles. The Morgan fingerprint density at radius 3 is 2.41 bits per heavy atom. The van der Waals surface area contributed by atoms with Crippen LogP contribution in [0.3, 0.4) is 0 Å². The maximum atomic E-state index is 13.1. The Kier molecular flexibility index (Phi) is 5.64. The van der Waals surface area contributed by atoms with Gasteiger partial charge in [0.05, 0.1) is 16.1 Å². The lowest BCUT2D eigenvalue weighted by Gasteiger charge is -2.20. The van der Waals surface area contributed by atoms with Crippen molar-refractivity contribution in [2.75, 3.05) is 16.2 Å². The number of fused-ring (bicyclic) bond motifs is 1. The van der Waals surface area contributed by atoms with E-state index in [9.17, 15) is 26.4 Å². The summed E-state index contributed by atoms with van der Waals surface area (Å²) in [5.74, 6) is -0.735. The van der Waals surface area contributed by atoms with Crippen molar-refractivity contribution in [1.82, 2.24) is 0 Å².